The SMILES string of the molecule is COCC(O)c1ccc(Br)c(F)c1. The minimum Gasteiger partial charge on any atom is -0.386 e. The second-order valence-electron chi connectivity index (χ2n) is 2.64. The quantitative estimate of drug-likeness (QED) is 0.890. The van der Waals surface area contributed by atoms with Gasteiger partial charge in [-0.15, -0.1) is 0 Å². The maximum absolute atomic E-state index is 13.0. The van der Waals surface area contributed by atoms with Gasteiger partial charge in [0.05, 0.1) is 11.1 Å². The topological polar surface area (TPSA) is 29.5 Å². The number of aliphatic hydroxyl groups excluding tert-OH is 1. The van der Waals surface area contributed by atoms with E-state index in [2.05, 4.69) is 15.9 Å². The van der Waals surface area contributed by atoms with Crippen molar-refractivity contribution in [1.29, 1.82) is 0 Å². The van der Waals surface area contributed by atoms with Crippen molar-refractivity contribution >= 4 is 15.9 Å². The first-order chi connectivity index (χ1) is 6.15. The number of hydrogen-bond donors (Lipinski definition) is 1. The molecule has 0 amide bonds. The monoisotopic (exact) mass is 248 g/mol. The summed E-state index contributed by atoms with van der Waals surface area (Å²) in [5.74, 6) is -0.382. The summed E-state index contributed by atoms with van der Waals surface area (Å²) in [7, 11) is 1.48. The highest BCUT2D eigenvalue weighted by molar-refractivity contribution is 9.10. The van der Waals surface area contributed by atoms with Crippen LogP contribution >= 0.6 is 15.9 Å². The van der Waals surface area contributed by atoms with Crippen molar-refractivity contribution in [3.8, 4) is 0 Å². The molecule has 72 valence electrons. The van der Waals surface area contributed by atoms with Crippen molar-refractivity contribution in [2.75, 3.05) is 13.7 Å². The van der Waals surface area contributed by atoms with Crippen LogP contribution in [-0.2, 0) is 4.74 Å². The molecular formula is C9H10BrFO2. The summed E-state index contributed by atoms with van der Waals surface area (Å²) >= 11 is 3.03. The van der Waals surface area contributed by atoms with Gasteiger partial charge in [-0.1, -0.05) is 6.07 Å². The van der Waals surface area contributed by atoms with E-state index >= 15 is 0 Å². The maximum Gasteiger partial charge on any atom is 0.137 e. The Morgan fingerprint density at radius 3 is 2.85 bits per heavy atom. The van der Waals surface area contributed by atoms with Gasteiger partial charge in [-0.25, -0.2) is 4.39 Å². The molecule has 1 unspecified atom stereocenters. The Labute approximate surface area is 84.5 Å². The third kappa shape index (κ3) is 2.76. The Morgan fingerprint density at radius 2 is 2.31 bits per heavy atom. The molecule has 0 saturated heterocycles. The largest absolute Gasteiger partial charge is 0.386 e. The van der Waals surface area contributed by atoms with Gasteiger partial charge in [0.1, 0.15) is 11.9 Å². The molecule has 1 atom stereocenters. The van der Waals surface area contributed by atoms with Crippen LogP contribution in [0, 0.1) is 5.82 Å². The fourth-order valence-corrected chi connectivity index (χ4v) is 1.22. The molecule has 1 N–H and O–H groups in total. The van der Waals surface area contributed by atoms with Gasteiger partial charge in [0, 0.05) is 7.11 Å². The van der Waals surface area contributed by atoms with Crippen LogP contribution in [0.4, 0.5) is 4.39 Å². The van der Waals surface area contributed by atoms with E-state index in [0.717, 1.165) is 0 Å². The van der Waals surface area contributed by atoms with Crippen LogP contribution in [0.2, 0.25) is 0 Å². The first-order valence-electron chi connectivity index (χ1n) is 3.77. The van der Waals surface area contributed by atoms with E-state index in [0.29, 0.717) is 10.0 Å². The Hall–Kier alpha value is -0.450. The summed E-state index contributed by atoms with van der Waals surface area (Å²) in [5.41, 5.74) is 0.516. The summed E-state index contributed by atoms with van der Waals surface area (Å²) in [4.78, 5) is 0. The third-order valence-corrected chi connectivity index (χ3v) is 2.30. The smallest absolute Gasteiger partial charge is 0.137 e. The fraction of sp³-hybridized carbons (Fsp3) is 0.333. The average molecular weight is 249 g/mol. The zero-order valence-electron chi connectivity index (χ0n) is 7.13. The van der Waals surface area contributed by atoms with Crippen molar-refractivity contribution in [2.45, 2.75) is 6.10 Å². The van der Waals surface area contributed by atoms with Crippen molar-refractivity contribution in [3.63, 3.8) is 0 Å². The van der Waals surface area contributed by atoms with Gasteiger partial charge in [-0.05, 0) is 33.6 Å². The number of benzene rings is 1. The average Bonchev–Trinajstić information content (AvgIpc) is 2.10. The molecule has 0 aromatic heterocycles. The predicted octanol–water partition coefficient (Wildman–Crippen LogP) is 2.27. The lowest BCUT2D eigenvalue weighted by atomic mass is 10.1. The zero-order chi connectivity index (χ0) is 9.84. The van der Waals surface area contributed by atoms with E-state index < -0.39 is 6.10 Å². The van der Waals surface area contributed by atoms with E-state index in [-0.39, 0.29) is 12.4 Å². The Balaban J connectivity index is 2.84. The predicted molar refractivity (Wildman–Crippen MR) is 50.9 cm³/mol. The molecule has 0 aliphatic carbocycles. The first kappa shape index (κ1) is 10.6. The van der Waals surface area contributed by atoms with E-state index in [1.165, 1.54) is 13.2 Å². The van der Waals surface area contributed by atoms with Gasteiger partial charge in [0.2, 0.25) is 0 Å². The summed E-state index contributed by atoms with van der Waals surface area (Å²) in [6, 6.07) is 4.49. The summed E-state index contributed by atoms with van der Waals surface area (Å²) in [5, 5.41) is 9.43. The first-order valence-corrected chi connectivity index (χ1v) is 4.56. The lowest BCUT2D eigenvalue weighted by Crippen LogP contribution is -2.05. The molecule has 0 aliphatic rings. The highest BCUT2D eigenvalue weighted by atomic mass is 79.9. The van der Waals surface area contributed by atoms with E-state index in [4.69, 9.17) is 4.74 Å². The van der Waals surface area contributed by atoms with Crippen molar-refractivity contribution in [1.82, 2.24) is 0 Å². The van der Waals surface area contributed by atoms with Gasteiger partial charge in [-0.3, -0.25) is 0 Å². The second-order valence-corrected chi connectivity index (χ2v) is 3.50. The molecule has 13 heavy (non-hydrogen) atoms. The minimum absolute atomic E-state index is 0.168. The maximum atomic E-state index is 13.0. The summed E-state index contributed by atoms with van der Waals surface area (Å²) in [6.07, 6.45) is -0.771. The molecule has 0 fully saturated rings. The minimum atomic E-state index is -0.771. The molecule has 0 saturated carbocycles. The molecule has 0 aliphatic heterocycles. The Morgan fingerprint density at radius 1 is 1.62 bits per heavy atom. The number of rotatable bonds is 3. The second kappa shape index (κ2) is 4.69. The van der Waals surface area contributed by atoms with Crippen LogP contribution in [0.5, 0.6) is 0 Å². The van der Waals surface area contributed by atoms with Crippen LogP contribution in [0.25, 0.3) is 0 Å². The molecular weight excluding hydrogens is 239 g/mol. The summed E-state index contributed by atoms with van der Waals surface area (Å²) in [6.45, 7) is 0.168. The Kier molecular flexibility index (Phi) is 3.84. The molecule has 4 heteroatoms. The highest BCUT2D eigenvalue weighted by Gasteiger charge is 2.08. The molecule has 0 heterocycles. The molecule has 1 aromatic rings. The number of halogens is 2. The van der Waals surface area contributed by atoms with Crippen LogP contribution in [0.15, 0.2) is 22.7 Å². The standard InChI is InChI=1S/C9H10BrFO2/c1-13-5-9(12)6-2-3-7(10)8(11)4-6/h2-4,9,12H,5H2,1H3. The number of aliphatic hydroxyl groups is 1. The van der Waals surface area contributed by atoms with Gasteiger partial charge in [0.15, 0.2) is 0 Å². The molecule has 0 radical (unpaired) electrons. The highest BCUT2D eigenvalue weighted by Crippen LogP contribution is 2.20. The number of hydrogen-bond acceptors (Lipinski definition) is 2. The van der Waals surface area contributed by atoms with Gasteiger partial charge >= 0.3 is 0 Å². The Bertz CT molecular complexity index is 291. The number of methoxy groups -OCH3 is 1. The lowest BCUT2D eigenvalue weighted by Gasteiger charge is -2.09. The number of ether oxygens (including phenoxy) is 1. The molecule has 1 aromatic carbocycles. The zero-order valence-corrected chi connectivity index (χ0v) is 8.71. The molecule has 0 bridgehead atoms. The normalized spacial score (nSPS) is 12.9. The van der Waals surface area contributed by atoms with Crippen LogP contribution in [0.1, 0.15) is 11.7 Å². The van der Waals surface area contributed by atoms with Gasteiger partial charge in [-0.2, -0.15) is 0 Å². The van der Waals surface area contributed by atoms with Crippen LogP contribution in [-0.4, -0.2) is 18.8 Å². The van der Waals surface area contributed by atoms with Gasteiger partial charge in [0.25, 0.3) is 0 Å². The molecule has 1 rings (SSSR count). The van der Waals surface area contributed by atoms with E-state index in [9.17, 15) is 9.50 Å². The van der Waals surface area contributed by atoms with Crippen molar-refractivity contribution < 1.29 is 14.2 Å². The third-order valence-electron chi connectivity index (χ3n) is 1.65. The van der Waals surface area contributed by atoms with E-state index in [1.807, 2.05) is 0 Å². The molecule has 0 spiro atoms. The lowest BCUT2D eigenvalue weighted by molar-refractivity contribution is 0.0642. The van der Waals surface area contributed by atoms with Crippen molar-refractivity contribution in [3.05, 3.63) is 34.1 Å². The van der Waals surface area contributed by atoms with Crippen LogP contribution in [0.3, 0.4) is 0 Å². The van der Waals surface area contributed by atoms with Crippen molar-refractivity contribution in [2.24, 2.45) is 0 Å². The van der Waals surface area contributed by atoms with Gasteiger partial charge < -0.3 is 9.84 Å². The fourth-order valence-electron chi connectivity index (χ4n) is 0.974. The van der Waals surface area contributed by atoms with Crippen LogP contribution < -0.4 is 0 Å². The summed E-state index contributed by atoms with van der Waals surface area (Å²) < 4.78 is 18.1. The van der Waals surface area contributed by atoms with E-state index in [1.54, 1.807) is 12.1 Å². The molecule has 2 nitrogen and oxygen atoms in total.